The van der Waals surface area contributed by atoms with Gasteiger partial charge in [0, 0.05) is 18.8 Å². The maximum absolute atomic E-state index is 13.5. The van der Waals surface area contributed by atoms with Crippen molar-refractivity contribution >= 4 is 34.4 Å². The van der Waals surface area contributed by atoms with Crippen molar-refractivity contribution in [2.45, 2.75) is 44.4 Å². The molecule has 5 rings (SSSR count). The fourth-order valence-electron chi connectivity index (χ4n) is 5.03. The lowest BCUT2D eigenvalue weighted by Crippen LogP contribution is -2.51. The van der Waals surface area contributed by atoms with Gasteiger partial charge >= 0.3 is 6.09 Å². The van der Waals surface area contributed by atoms with Gasteiger partial charge in [-0.1, -0.05) is 60.7 Å². The van der Waals surface area contributed by atoms with Crippen LogP contribution >= 0.6 is 0 Å². The Morgan fingerprint density at radius 2 is 1.49 bits per heavy atom. The van der Waals surface area contributed by atoms with Crippen molar-refractivity contribution in [1.29, 1.82) is 0 Å². The number of anilines is 1. The minimum absolute atomic E-state index is 0.164. The van der Waals surface area contributed by atoms with E-state index in [9.17, 15) is 14.4 Å². The highest BCUT2D eigenvalue weighted by Gasteiger charge is 2.42. The van der Waals surface area contributed by atoms with Crippen LogP contribution < -0.4 is 5.32 Å². The summed E-state index contributed by atoms with van der Waals surface area (Å²) in [5.74, 6) is -0.363. The molecule has 2 aliphatic heterocycles. The summed E-state index contributed by atoms with van der Waals surface area (Å²) >= 11 is 0. The molecule has 2 aliphatic rings. The highest BCUT2D eigenvalue weighted by Crippen LogP contribution is 2.27. The first kappa shape index (κ1) is 22.9. The van der Waals surface area contributed by atoms with E-state index in [1.165, 1.54) is 4.90 Å². The molecule has 0 spiro atoms. The number of fused-ring (bicyclic) bond motifs is 1. The molecular formula is C28H29N3O4. The van der Waals surface area contributed by atoms with Gasteiger partial charge in [0.15, 0.2) is 0 Å². The normalized spacial score (nSPS) is 19.7. The van der Waals surface area contributed by atoms with Crippen LogP contribution in [0, 0.1) is 0 Å². The Hall–Kier alpha value is -3.87. The largest absolute Gasteiger partial charge is 0.445 e. The summed E-state index contributed by atoms with van der Waals surface area (Å²) in [6.07, 6.45) is 2.19. The van der Waals surface area contributed by atoms with E-state index in [0.29, 0.717) is 31.6 Å². The number of carbonyl (C=O) groups is 3. The fraction of sp³-hybridized carbons (Fsp3) is 0.321. The minimum atomic E-state index is -0.590. The number of carbonyl (C=O) groups excluding carboxylic acids is 3. The molecule has 1 N–H and O–H groups in total. The number of ether oxygens (including phenoxy) is 1. The van der Waals surface area contributed by atoms with Gasteiger partial charge < -0.3 is 15.0 Å². The minimum Gasteiger partial charge on any atom is -0.445 e. The lowest BCUT2D eigenvalue weighted by molar-refractivity contribution is -0.140. The predicted molar refractivity (Wildman–Crippen MR) is 134 cm³/mol. The van der Waals surface area contributed by atoms with E-state index in [4.69, 9.17) is 4.74 Å². The number of rotatable bonds is 5. The summed E-state index contributed by atoms with van der Waals surface area (Å²) in [5, 5.41) is 5.13. The third-order valence-electron chi connectivity index (χ3n) is 6.83. The Balaban J connectivity index is 1.23. The first-order valence-electron chi connectivity index (χ1n) is 12.2. The van der Waals surface area contributed by atoms with E-state index < -0.39 is 18.2 Å². The molecule has 0 aromatic heterocycles. The smallest absolute Gasteiger partial charge is 0.410 e. The maximum Gasteiger partial charge on any atom is 0.410 e. The Labute approximate surface area is 204 Å². The van der Waals surface area contributed by atoms with Gasteiger partial charge in [-0.15, -0.1) is 0 Å². The molecule has 0 unspecified atom stereocenters. The summed E-state index contributed by atoms with van der Waals surface area (Å²) in [6, 6.07) is 22.1. The summed E-state index contributed by atoms with van der Waals surface area (Å²) < 4.78 is 5.48. The molecule has 180 valence electrons. The zero-order valence-electron chi connectivity index (χ0n) is 19.6. The molecule has 35 heavy (non-hydrogen) atoms. The number of amides is 3. The van der Waals surface area contributed by atoms with Gasteiger partial charge in [0.1, 0.15) is 18.7 Å². The summed E-state index contributed by atoms with van der Waals surface area (Å²) in [6.45, 7) is 1.15. The molecule has 0 aliphatic carbocycles. The quantitative estimate of drug-likeness (QED) is 0.591. The van der Waals surface area contributed by atoms with Crippen LogP contribution in [0.1, 0.15) is 31.2 Å². The van der Waals surface area contributed by atoms with Crippen molar-refractivity contribution in [3.05, 3.63) is 78.4 Å². The van der Waals surface area contributed by atoms with E-state index in [2.05, 4.69) is 5.32 Å². The second-order valence-electron chi connectivity index (χ2n) is 9.13. The van der Waals surface area contributed by atoms with E-state index in [-0.39, 0.29) is 18.4 Å². The van der Waals surface area contributed by atoms with E-state index in [1.807, 2.05) is 72.8 Å². The number of benzene rings is 3. The van der Waals surface area contributed by atoms with Gasteiger partial charge in [-0.3, -0.25) is 14.5 Å². The molecular weight excluding hydrogens is 442 g/mol. The molecule has 0 radical (unpaired) electrons. The molecule has 3 aromatic carbocycles. The van der Waals surface area contributed by atoms with E-state index in [1.54, 1.807) is 4.90 Å². The van der Waals surface area contributed by atoms with Crippen LogP contribution in [0.15, 0.2) is 72.8 Å². The highest BCUT2D eigenvalue weighted by molar-refractivity contribution is 6.00. The molecule has 2 atom stereocenters. The number of likely N-dealkylation sites (tertiary alicyclic amines) is 2. The van der Waals surface area contributed by atoms with Crippen LogP contribution in [0.5, 0.6) is 0 Å². The van der Waals surface area contributed by atoms with Gasteiger partial charge in [-0.2, -0.15) is 0 Å². The number of hydrogen-bond donors (Lipinski definition) is 1. The SMILES string of the molecule is O=C(Nc1ccc2ccccc2c1)[C@@H]1CCCN1C(=O)[C@@H]1CCCN1C(=O)OCc1ccccc1. The van der Waals surface area contributed by atoms with Crippen LogP contribution in [0.2, 0.25) is 0 Å². The van der Waals surface area contributed by atoms with Crippen molar-refractivity contribution in [1.82, 2.24) is 9.80 Å². The average molecular weight is 472 g/mol. The summed E-state index contributed by atoms with van der Waals surface area (Å²) in [5.41, 5.74) is 1.60. The first-order valence-corrected chi connectivity index (χ1v) is 12.2. The Kier molecular flexibility index (Phi) is 6.66. The van der Waals surface area contributed by atoms with Gasteiger partial charge in [0.25, 0.3) is 0 Å². The van der Waals surface area contributed by atoms with Crippen molar-refractivity contribution in [3.63, 3.8) is 0 Å². The van der Waals surface area contributed by atoms with Crippen LogP contribution in [0.4, 0.5) is 10.5 Å². The second kappa shape index (κ2) is 10.2. The van der Waals surface area contributed by atoms with E-state index >= 15 is 0 Å². The topological polar surface area (TPSA) is 79.0 Å². The molecule has 3 aromatic rings. The van der Waals surface area contributed by atoms with Gasteiger partial charge in [0.05, 0.1) is 0 Å². The summed E-state index contributed by atoms with van der Waals surface area (Å²) in [7, 11) is 0. The standard InChI is InChI=1S/C28H29N3O4/c32-26(29-23-15-14-21-10-4-5-11-22(21)18-23)24-12-6-16-30(24)27(33)25-13-7-17-31(25)28(34)35-19-20-8-2-1-3-9-20/h1-5,8-11,14-15,18,24-25H,6-7,12-13,16-17,19H2,(H,29,32)/t24-,25-/m0/s1. The van der Waals surface area contributed by atoms with Crippen molar-refractivity contribution < 1.29 is 19.1 Å². The van der Waals surface area contributed by atoms with Crippen molar-refractivity contribution in [2.75, 3.05) is 18.4 Å². The van der Waals surface area contributed by atoms with Crippen molar-refractivity contribution in [2.24, 2.45) is 0 Å². The Bertz CT molecular complexity index is 1230. The van der Waals surface area contributed by atoms with Gasteiger partial charge in [-0.05, 0) is 54.2 Å². The van der Waals surface area contributed by atoms with Crippen LogP contribution in [-0.2, 0) is 20.9 Å². The van der Waals surface area contributed by atoms with Crippen molar-refractivity contribution in [3.8, 4) is 0 Å². The van der Waals surface area contributed by atoms with Gasteiger partial charge in [-0.25, -0.2) is 4.79 Å². The maximum atomic E-state index is 13.5. The molecule has 0 saturated carbocycles. The lowest BCUT2D eigenvalue weighted by atomic mass is 10.1. The molecule has 7 heteroatoms. The zero-order chi connectivity index (χ0) is 24.2. The zero-order valence-corrected chi connectivity index (χ0v) is 19.6. The van der Waals surface area contributed by atoms with Crippen LogP contribution in [0.25, 0.3) is 10.8 Å². The molecule has 2 fully saturated rings. The third kappa shape index (κ3) is 4.99. The first-order chi connectivity index (χ1) is 17.1. The Morgan fingerprint density at radius 3 is 2.29 bits per heavy atom. The average Bonchev–Trinajstić information content (AvgIpc) is 3.58. The molecule has 2 heterocycles. The number of hydrogen-bond acceptors (Lipinski definition) is 4. The van der Waals surface area contributed by atoms with Crippen LogP contribution in [0.3, 0.4) is 0 Å². The third-order valence-corrected chi connectivity index (χ3v) is 6.83. The van der Waals surface area contributed by atoms with E-state index in [0.717, 1.165) is 29.2 Å². The van der Waals surface area contributed by atoms with Gasteiger partial charge in [0.2, 0.25) is 11.8 Å². The second-order valence-corrected chi connectivity index (χ2v) is 9.13. The molecule has 0 bridgehead atoms. The lowest BCUT2D eigenvalue weighted by Gasteiger charge is -2.30. The monoisotopic (exact) mass is 471 g/mol. The molecule has 3 amide bonds. The summed E-state index contributed by atoms with van der Waals surface area (Å²) in [4.78, 5) is 42.5. The number of nitrogens with zero attached hydrogens (tertiary/aromatic N) is 2. The highest BCUT2D eigenvalue weighted by atomic mass is 16.6. The predicted octanol–water partition coefficient (Wildman–Crippen LogP) is 4.57. The van der Waals surface area contributed by atoms with Crippen LogP contribution in [-0.4, -0.2) is 52.9 Å². The molecule has 7 nitrogen and oxygen atoms in total. The Morgan fingerprint density at radius 1 is 0.800 bits per heavy atom. The number of nitrogens with one attached hydrogen (secondary N) is 1. The molecule has 2 saturated heterocycles. The fourth-order valence-corrected chi connectivity index (χ4v) is 5.03.